The van der Waals surface area contributed by atoms with Crippen molar-refractivity contribution >= 4 is 23.6 Å². The lowest BCUT2D eigenvalue weighted by atomic mass is 9.89. The number of ether oxygens (including phenoxy) is 1. The van der Waals surface area contributed by atoms with Gasteiger partial charge in [0, 0.05) is 18.0 Å². The third-order valence-electron chi connectivity index (χ3n) is 5.12. The monoisotopic (exact) mass is 399 g/mol. The molecule has 0 bridgehead atoms. The van der Waals surface area contributed by atoms with Crippen LogP contribution in [0, 0.1) is 0 Å². The summed E-state index contributed by atoms with van der Waals surface area (Å²) in [5, 5.41) is 8.57. The molecule has 1 aliphatic heterocycles. The minimum Gasteiger partial charge on any atom is -0.497 e. The summed E-state index contributed by atoms with van der Waals surface area (Å²) in [6.07, 6.45) is 1.81. The Bertz CT molecular complexity index is 846. The first-order valence-electron chi connectivity index (χ1n) is 9.41. The van der Waals surface area contributed by atoms with Crippen molar-refractivity contribution in [2.75, 3.05) is 20.2 Å². The quantitative estimate of drug-likeness (QED) is 0.735. The smallest absolute Gasteiger partial charge is 0.316 e. The lowest BCUT2D eigenvalue weighted by molar-refractivity contribution is -0.136. The van der Waals surface area contributed by atoms with E-state index in [1.165, 1.54) is 17.3 Å². The Kier molecular flexibility index (Phi) is 6.62. The zero-order chi connectivity index (χ0) is 20.1. The highest BCUT2D eigenvalue weighted by molar-refractivity contribution is 8.00. The van der Waals surface area contributed by atoms with Gasteiger partial charge in [-0.2, -0.15) is 0 Å². The molecule has 28 heavy (non-hydrogen) atoms. The molecule has 0 radical (unpaired) electrons. The van der Waals surface area contributed by atoms with Crippen LogP contribution in [0.4, 0.5) is 0 Å². The maximum atomic E-state index is 13.1. The second kappa shape index (κ2) is 9.15. The molecule has 1 atom stereocenters. The fourth-order valence-corrected chi connectivity index (χ4v) is 4.39. The number of piperidine rings is 1. The second-order valence-electron chi connectivity index (χ2n) is 6.94. The summed E-state index contributed by atoms with van der Waals surface area (Å²) in [5.41, 5.74) is 1.83. The number of hydrogen-bond acceptors (Lipinski definition) is 4. The van der Waals surface area contributed by atoms with Crippen LogP contribution in [0.2, 0.25) is 0 Å². The maximum Gasteiger partial charge on any atom is 0.316 e. The molecule has 2 aromatic rings. The third kappa shape index (κ3) is 4.68. The van der Waals surface area contributed by atoms with E-state index in [-0.39, 0.29) is 5.91 Å². The minimum absolute atomic E-state index is 0.0234. The van der Waals surface area contributed by atoms with Gasteiger partial charge in [0.2, 0.25) is 0 Å². The van der Waals surface area contributed by atoms with E-state index in [2.05, 4.69) is 12.1 Å². The van der Waals surface area contributed by atoms with E-state index in [1.807, 2.05) is 35.2 Å². The van der Waals surface area contributed by atoms with Gasteiger partial charge in [-0.3, -0.25) is 9.59 Å². The van der Waals surface area contributed by atoms with E-state index < -0.39 is 11.2 Å². The molecule has 0 aromatic heterocycles. The van der Waals surface area contributed by atoms with Gasteiger partial charge in [-0.05, 0) is 55.5 Å². The Labute approximate surface area is 169 Å². The van der Waals surface area contributed by atoms with E-state index in [9.17, 15) is 14.7 Å². The van der Waals surface area contributed by atoms with Gasteiger partial charge in [-0.1, -0.05) is 24.3 Å². The predicted molar refractivity (Wildman–Crippen MR) is 110 cm³/mol. The molecule has 0 spiro atoms. The van der Waals surface area contributed by atoms with Crippen LogP contribution in [0.25, 0.3) is 0 Å². The Morgan fingerprint density at radius 1 is 1.14 bits per heavy atom. The number of thioether (sulfide) groups is 1. The molecule has 5 nitrogen and oxygen atoms in total. The lowest BCUT2D eigenvalue weighted by Gasteiger charge is -2.32. The molecule has 1 fully saturated rings. The van der Waals surface area contributed by atoms with E-state index in [0.717, 1.165) is 23.5 Å². The normalized spacial score (nSPS) is 15.9. The second-order valence-corrected chi connectivity index (χ2v) is 8.32. The van der Waals surface area contributed by atoms with Crippen LogP contribution in [-0.2, 0) is 4.79 Å². The van der Waals surface area contributed by atoms with Crippen LogP contribution in [-0.4, -0.2) is 47.3 Å². The molecule has 1 saturated heterocycles. The Balaban J connectivity index is 1.68. The summed E-state index contributed by atoms with van der Waals surface area (Å²) in [4.78, 5) is 26.8. The molecule has 6 heteroatoms. The zero-order valence-corrected chi connectivity index (χ0v) is 16.9. The number of hydrogen-bond donors (Lipinski definition) is 1. The maximum absolute atomic E-state index is 13.1. The molecular weight excluding hydrogens is 374 g/mol. The summed E-state index contributed by atoms with van der Waals surface area (Å²) in [6, 6.07) is 15.4. The van der Waals surface area contributed by atoms with Gasteiger partial charge >= 0.3 is 5.97 Å². The molecule has 0 aliphatic carbocycles. The van der Waals surface area contributed by atoms with Crippen molar-refractivity contribution in [1.29, 1.82) is 0 Å². The van der Waals surface area contributed by atoms with Crippen molar-refractivity contribution in [2.24, 2.45) is 0 Å². The molecule has 148 valence electrons. The number of carbonyl (C=O) groups excluding carboxylic acids is 1. The Morgan fingerprint density at radius 3 is 2.54 bits per heavy atom. The van der Waals surface area contributed by atoms with Crippen LogP contribution in [0.3, 0.4) is 0 Å². The molecule has 0 saturated carbocycles. The largest absolute Gasteiger partial charge is 0.497 e. The number of aliphatic carboxylic acids is 1. The highest BCUT2D eigenvalue weighted by Crippen LogP contribution is 2.32. The summed E-state index contributed by atoms with van der Waals surface area (Å²) >= 11 is 1.21. The van der Waals surface area contributed by atoms with Crippen molar-refractivity contribution < 1.29 is 19.4 Å². The fraction of sp³-hybridized carbons (Fsp3) is 0.364. The highest BCUT2D eigenvalue weighted by atomic mass is 32.2. The highest BCUT2D eigenvalue weighted by Gasteiger charge is 2.27. The topological polar surface area (TPSA) is 66.8 Å². The van der Waals surface area contributed by atoms with Gasteiger partial charge in [0.1, 0.15) is 11.0 Å². The average Bonchev–Trinajstić information content (AvgIpc) is 2.73. The van der Waals surface area contributed by atoms with E-state index in [4.69, 9.17) is 4.74 Å². The average molecular weight is 400 g/mol. The molecule has 1 unspecified atom stereocenters. The molecule has 1 N–H and O–H groups in total. The first-order valence-corrected chi connectivity index (χ1v) is 10.3. The van der Waals surface area contributed by atoms with Crippen molar-refractivity contribution in [3.05, 3.63) is 59.7 Å². The molecular formula is C22H25NO4S. The number of likely N-dealkylation sites (tertiary alicyclic amines) is 1. The zero-order valence-electron chi connectivity index (χ0n) is 16.1. The summed E-state index contributed by atoms with van der Waals surface area (Å²) in [5.74, 6) is 0.362. The first-order chi connectivity index (χ1) is 13.5. The van der Waals surface area contributed by atoms with Crippen molar-refractivity contribution in [1.82, 2.24) is 4.90 Å². The van der Waals surface area contributed by atoms with Gasteiger partial charge in [0.15, 0.2) is 0 Å². The number of carbonyl (C=O) groups is 2. The van der Waals surface area contributed by atoms with E-state index in [0.29, 0.717) is 24.6 Å². The van der Waals surface area contributed by atoms with Gasteiger partial charge in [0.05, 0.1) is 12.7 Å². The number of carboxylic acids is 1. The SMILES string of the molecule is COc1cccc(C2CCN(C(=O)c3ccccc3SC(C)C(=O)O)CC2)c1. The predicted octanol–water partition coefficient (Wildman–Crippen LogP) is 4.28. The molecule has 2 aromatic carbocycles. The van der Waals surface area contributed by atoms with Crippen LogP contribution in [0.15, 0.2) is 53.4 Å². The van der Waals surface area contributed by atoms with Gasteiger partial charge in [0.25, 0.3) is 5.91 Å². The van der Waals surface area contributed by atoms with E-state index in [1.54, 1.807) is 20.1 Å². The van der Waals surface area contributed by atoms with Crippen LogP contribution in [0.5, 0.6) is 5.75 Å². The van der Waals surface area contributed by atoms with Gasteiger partial charge in [-0.25, -0.2) is 0 Å². The number of amides is 1. The number of rotatable bonds is 6. The molecule has 1 amide bonds. The van der Waals surface area contributed by atoms with Crippen molar-refractivity contribution in [3.63, 3.8) is 0 Å². The number of benzene rings is 2. The Morgan fingerprint density at radius 2 is 1.86 bits per heavy atom. The summed E-state index contributed by atoms with van der Waals surface area (Å²) < 4.78 is 5.32. The molecule has 3 rings (SSSR count). The Hall–Kier alpha value is -2.47. The lowest BCUT2D eigenvalue weighted by Crippen LogP contribution is -2.38. The third-order valence-corrected chi connectivity index (χ3v) is 6.28. The number of nitrogens with zero attached hydrogens (tertiary/aromatic N) is 1. The van der Waals surface area contributed by atoms with Gasteiger partial charge < -0.3 is 14.7 Å². The minimum atomic E-state index is -0.883. The summed E-state index contributed by atoms with van der Waals surface area (Å²) in [6.45, 7) is 3.01. The van der Waals surface area contributed by atoms with Crippen molar-refractivity contribution in [2.45, 2.75) is 35.8 Å². The standard InChI is InChI=1S/C22H25NO4S/c1-15(22(25)26)28-20-9-4-3-8-19(20)21(24)23-12-10-16(11-13-23)17-6-5-7-18(14-17)27-2/h3-9,14-16H,10-13H2,1-2H3,(H,25,26). The van der Waals surface area contributed by atoms with Crippen molar-refractivity contribution in [3.8, 4) is 5.75 Å². The number of methoxy groups -OCH3 is 1. The van der Waals surface area contributed by atoms with Gasteiger partial charge in [-0.15, -0.1) is 11.8 Å². The summed E-state index contributed by atoms with van der Waals surface area (Å²) in [7, 11) is 1.67. The van der Waals surface area contributed by atoms with Crippen LogP contribution >= 0.6 is 11.8 Å². The van der Waals surface area contributed by atoms with Crippen LogP contribution in [0.1, 0.15) is 41.6 Å². The fourth-order valence-electron chi connectivity index (χ4n) is 3.47. The van der Waals surface area contributed by atoms with Crippen LogP contribution < -0.4 is 4.74 Å². The van der Waals surface area contributed by atoms with E-state index >= 15 is 0 Å². The molecule has 1 aliphatic rings. The first kappa shape index (κ1) is 20.3. The number of carboxylic acid groups (broad SMARTS) is 1. The molecule has 1 heterocycles.